The largest absolute Gasteiger partial charge is 0.333 e. The quantitative estimate of drug-likeness (QED) is 0.674. The van der Waals surface area contributed by atoms with E-state index in [2.05, 4.69) is 6.07 Å². The van der Waals surface area contributed by atoms with Gasteiger partial charge in [0, 0.05) is 18.7 Å². The number of nitriles is 1. The molecular formula is C9H14N2OS. The van der Waals surface area contributed by atoms with Gasteiger partial charge in [-0.25, -0.2) is 0 Å². The standard InChI is InChI=1S/C9H14N2OS/c1-9(2,6-10)5-8(12)11-3-4-13-7-11/h3-5,7H2,1-2H3. The van der Waals surface area contributed by atoms with E-state index in [1.165, 1.54) is 0 Å². The molecule has 0 atom stereocenters. The molecule has 72 valence electrons. The number of carbonyl (C=O) groups is 1. The first-order chi connectivity index (χ1) is 6.05. The minimum Gasteiger partial charge on any atom is -0.333 e. The van der Waals surface area contributed by atoms with E-state index in [4.69, 9.17) is 5.26 Å². The number of hydrogen-bond donors (Lipinski definition) is 0. The zero-order valence-corrected chi connectivity index (χ0v) is 8.86. The van der Waals surface area contributed by atoms with E-state index in [9.17, 15) is 4.79 Å². The number of hydrogen-bond acceptors (Lipinski definition) is 3. The second-order valence-corrected chi connectivity index (χ2v) is 4.94. The fourth-order valence-electron chi connectivity index (χ4n) is 1.14. The van der Waals surface area contributed by atoms with E-state index in [1.54, 1.807) is 25.6 Å². The summed E-state index contributed by atoms with van der Waals surface area (Å²) in [5.74, 6) is 1.93. The molecule has 0 bridgehead atoms. The van der Waals surface area contributed by atoms with E-state index >= 15 is 0 Å². The number of thioether (sulfide) groups is 1. The summed E-state index contributed by atoms with van der Waals surface area (Å²) in [7, 11) is 0. The zero-order chi connectivity index (χ0) is 9.90. The third kappa shape index (κ3) is 2.92. The van der Waals surface area contributed by atoms with Gasteiger partial charge in [-0.15, -0.1) is 11.8 Å². The maximum Gasteiger partial charge on any atom is 0.224 e. The Labute approximate surface area is 83.1 Å². The maximum atomic E-state index is 11.6. The van der Waals surface area contributed by atoms with Crippen molar-refractivity contribution in [2.24, 2.45) is 5.41 Å². The van der Waals surface area contributed by atoms with Crippen molar-refractivity contribution >= 4 is 17.7 Å². The van der Waals surface area contributed by atoms with Crippen molar-refractivity contribution in [3.63, 3.8) is 0 Å². The van der Waals surface area contributed by atoms with Crippen molar-refractivity contribution in [3.8, 4) is 6.07 Å². The van der Waals surface area contributed by atoms with Gasteiger partial charge in [-0.05, 0) is 13.8 Å². The third-order valence-corrected chi connectivity index (χ3v) is 2.97. The first-order valence-electron chi connectivity index (χ1n) is 4.32. The average Bonchev–Trinajstić information content (AvgIpc) is 2.55. The van der Waals surface area contributed by atoms with Crippen LogP contribution in [-0.4, -0.2) is 29.0 Å². The molecule has 1 rings (SSSR count). The van der Waals surface area contributed by atoms with Gasteiger partial charge in [0.2, 0.25) is 5.91 Å². The molecule has 1 aliphatic rings. The van der Waals surface area contributed by atoms with Gasteiger partial charge in [0.05, 0.1) is 17.4 Å². The van der Waals surface area contributed by atoms with Gasteiger partial charge in [-0.1, -0.05) is 0 Å². The molecule has 13 heavy (non-hydrogen) atoms. The van der Waals surface area contributed by atoms with E-state index in [0.29, 0.717) is 6.42 Å². The predicted molar refractivity (Wildman–Crippen MR) is 53.0 cm³/mol. The summed E-state index contributed by atoms with van der Waals surface area (Å²) in [6, 6.07) is 2.14. The Morgan fingerprint density at radius 1 is 1.69 bits per heavy atom. The first-order valence-corrected chi connectivity index (χ1v) is 5.47. The lowest BCUT2D eigenvalue weighted by Crippen LogP contribution is -2.31. The second kappa shape index (κ2) is 4.01. The average molecular weight is 198 g/mol. The Morgan fingerprint density at radius 3 is 2.85 bits per heavy atom. The zero-order valence-electron chi connectivity index (χ0n) is 8.04. The number of carbonyl (C=O) groups excluding carboxylic acids is 1. The first kappa shape index (κ1) is 10.4. The lowest BCUT2D eigenvalue weighted by Gasteiger charge is -2.19. The molecule has 0 unspecified atom stereocenters. The molecule has 0 aliphatic carbocycles. The molecular weight excluding hydrogens is 184 g/mol. The van der Waals surface area contributed by atoms with E-state index in [1.807, 2.05) is 4.90 Å². The molecule has 3 nitrogen and oxygen atoms in total. The third-order valence-electron chi connectivity index (χ3n) is 2.00. The monoisotopic (exact) mass is 198 g/mol. The molecule has 1 amide bonds. The fraction of sp³-hybridized carbons (Fsp3) is 0.778. The van der Waals surface area contributed by atoms with Crippen LogP contribution in [0.3, 0.4) is 0 Å². The molecule has 0 N–H and O–H groups in total. The minimum absolute atomic E-state index is 0.108. The molecule has 0 aromatic carbocycles. The van der Waals surface area contributed by atoms with Crippen molar-refractivity contribution in [2.75, 3.05) is 18.2 Å². The fourth-order valence-corrected chi connectivity index (χ4v) is 2.11. The Kier molecular flexibility index (Phi) is 3.21. The normalized spacial score (nSPS) is 17.2. The van der Waals surface area contributed by atoms with Crippen molar-refractivity contribution in [3.05, 3.63) is 0 Å². The molecule has 0 saturated carbocycles. The van der Waals surface area contributed by atoms with Crippen LogP contribution in [0, 0.1) is 16.7 Å². The summed E-state index contributed by atoms with van der Waals surface area (Å²) >= 11 is 1.77. The summed E-state index contributed by atoms with van der Waals surface area (Å²) in [5, 5.41) is 8.76. The lowest BCUT2D eigenvalue weighted by molar-refractivity contribution is -0.131. The summed E-state index contributed by atoms with van der Waals surface area (Å²) in [6.45, 7) is 4.44. The van der Waals surface area contributed by atoms with Crippen LogP contribution in [0.4, 0.5) is 0 Å². The predicted octanol–water partition coefficient (Wildman–Crippen LogP) is 1.46. The SMILES string of the molecule is CC(C)(C#N)CC(=O)N1CCSC1. The topological polar surface area (TPSA) is 44.1 Å². The lowest BCUT2D eigenvalue weighted by atomic mass is 9.91. The highest BCUT2D eigenvalue weighted by atomic mass is 32.2. The molecule has 1 saturated heterocycles. The van der Waals surface area contributed by atoms with Crippen molar-refractivity contribution in [1.29, 1.82) is 5.26 Å². The van der Waals surface area contributed by atoms with Gasteiger partial charge in [0.25, 0.3) is 0 Å². The Bertz CT molecular complexity index is 238. The van der Waals surface area contributed by atoms with E-state index in [-0.39, 0.29) is 5.91 Å². The molecule has 0 aromatic rings. The molecule has 4 heteroatoms. The number of rotatable bonds is 2. The van der Waals surface area contributed by atoms with Crippen LogP contribution in [0.2, 0.25) is 0 Å². The van der Waals surface area contributed by atoms with Crippen LogP contribution in [0.1, 0.15) is 20.3 Å². The van der Waals surface area contributed by atoms with Crippen LogP contribution >= 0.6 is 11.8 Å². The molecule has 1 heterocycles. The van der Waals surface area contributed by atoms with Crippen molar-refractivity contribution in [2.45, 2.75) is 20.3 Å². The summed E-state index contributed by atoms with van der Waals surface area (Å²) in [5.41, 5.74) is -0.523. The van der Waals surface area contributed by atoms with E-state index in [0.717, 1.165) is 18.2 Å². The van der Waals surface area contributed by atoms with Crippen LogP contribution < -0.4 is 0 Å². The maximum absolute atomic E-state index is 11.6. The summed E-state index contributed by atoms with van der Waals surface area (Å²) in [4.78, 5) is 13.4. The number of nitrogens with zero attached hydrogens (tertiary/aromatic N) is 2. The highest BCUT2D eigenvalue weighted by Crippen LogP contribution is 2.22. The van der Waals surface area contributed by atoms with E-state index < -0.39 is 5.41 Å². The summed E-state index contributed by atoms with van der Waals surface area (Å²) < 4.78 is 0. The molecule has 1 aliphatic heterocycles. The molecule has 0 aromatic heterocycles. The highest BCUT2D eigenvalue weighted by molar-refractivity contribution is 7.99. The van der Waals surface area contributed by atoms with Gasteiger partial charge in [0.15, 0.2) is 0 Å². The Hall–Kier alpha value is -0.690. The molecule has 0 radical (unpaired) electrons. The second-order valence-electron chi connectivity index (χ2n) is 3.87. The van der Waals surface area contributed by atoms with Gasteiger partial charge in [-0.2, -0.15) is 5.26 Å². The van der Waals surface area contributed by atoms with Crippen LogP contribution in [0.5, 0.6) is 0 Å². The minimum atomic E-state index is -0.523. The Balaban J connectivity index is 2.45. The Morgan fingerprint density at radius 2 is 2.38 bits per heavy atom. The smallest absolute Gasteiger partial charge is 0.224 e. The van der Waals surface area contributed by atoms with Gasteiger partial charge >= 0.3 is 0 Å². The van der Waals surface area contributed by atoms with Gasteiger partial charge in [0.1, 0.15) is 0 Å². The summed E-state index contributed by atoms with van der Waals surface area (Å²) in [6.07, 6.45) is 0.337. The molecule has 1 fully saturated rings. The van der Waals surface area contributed by atoms with Gasteiger partial charge in [-0.3, -0.25) is 4.79 Å². The van der Waals surface area contributed by atoms with Crippen LogP contribution in [0.15, 0.2) is 0 Å². The van der Waals surface area contributed by atoms with Crippen LogP contribution in [-0.2, 0) is 4.79 Å². The number of amides is 1. The molecule has 0 spiro atoms. The van der Waals surface area contributed by atoms with Crippen molar-refractivity contribution in [1.82, 2.24) is 4.90 Å². The van der Waals surface area contributed by atoms with Crippen molar-refractivity contribution < 1.29 is 4.79 Å². The van der Waals surface area contributed by atoms with Gasteiger partial charge < -0.3 is 4.90 Å². The highest BCUT2D eigenvalue weighted by Gasteiger charge is 2.26. The van der Waals surface area contributed by atoms with Crippen LogP contribution in [0.25, 0.3) is 0 Å².